The molecule has 4 rings (SSSR count). The van der Waals surface area contributed by atoms with E-state index < -0.39 is 102 Å². The van der Waals surface area contributed by atoms with Crippen LogP contribution in [0.15, 0.2) is 30.3 Å². The average molecular weight is 558 g/mol. The van der Waals surface area contributed by atoms with Gasteiger partial charge in [0, 0.05) is 16.7 Å². The Morgan fingerprint density at radius 1 is 0.415 bits per heavy atom. The first kappa shape index (κ1) is 27.8. The maximum atomic E-state index is 15.5. The van der Waals surface area contributed by atoms with Crippen LogP contribution >= 0.6 is 0 Å². The highest BCUT2D eigenvalue weighted by molar-refractivity contribution is 5.99. The quantitative estimate of drug-likeness (QED) is 0.211. The average Bonchev–Trinajstić information content (AvgIpc) is 2.94. The molecule has 0 amide bonds. The molecule has 0 radical (unpaired) electrons. The number of nitriles is 5. The molecule has 196 valence electrons. The van der Waals surface area contributed by atoms with Gasteiger partial charge in [0.1, 0.15) is 47.3 Å². The second-order valence-corrected chi connectivity index (χ2v) is 8.03. The van der Waals surface area contributed by atoms with E-state index in [1.165, 1.54) is 30.3 Å². The molecule has 3 aromatic carbocycles. The zero-order valence-corrected chi connectivity index (χ0v) is 19.7. The van der Waals surface area contributed by atoms with Crippen molar-refractivity contribution in [2.45, 2.75) is 0 Å². The summed E-state index contributed by atoms with van der Waals surface area (Å²) in [6.07, 6.45) is 0. The van der Waals surface area contributed by atoms with Crippen LogP contribution in [0.25, 0.3) is 33.4 Å². The van der Waals surface area contributed by atoms with Gasteiger partial charge in [0.25, 0.3) is 0 Å². The summed E-state index contributed by atoms with van der Waals surface area (Å²) in [5.74, 6) is -12.3. The van der Waals surface area contributed by atoms with Crippen LogP contribution in [0.2, 0.25) is 0 Å². The molecule has 6 nitrogen and oxygen atoms in total. The van der Waals surface area contributed by atoms with Crippen molar-refractivity contribution in [2.75, 3.05) is 0 Å². The van der Waals surface area contributed by atoms with Crippen molar-refractivity contribution in [1.82, 2.24) is 4.98 Å². The molecule has 0 aliphatic heterocycles. The van der Waals surface area contributed by atoms with E-state index in [4.69, 9.17) is 15.8 Å². The molecular formula is C28H5F7N6. The van der Waals surface area contributed by atoms with E-state index in [2.05, 4.69) is 4.98 Å². The van der Waals surface area contributed by atoms with Gasteiger partial charge in [-0.2, -0.15) is 26.3 Å². The lowest BCUT2D eigenvalue weighted by Gasteiger charge is -2.21. The van der Waals surface area contributed by atoms with E-state index in [1.807, 2.05) is 0 Å². The van der Waals surface area contributed by atoms with Crippen molar-refractivity contribution < 1.29 is 30.7 Å². The topological polar surface area (TPSA) is 132 Å². The van der Waals surface area contributed by atoms with Gasteiger partial charge in [-0.3, -0.25) is 0 Å². The number of pyridine rings is 1. The van der Waals surface area contributed by atoms with Crippen LogP contribution in [0.1, 0.15) is 28.1 Å². The molecule has 0 saturated carbocycles. The molecule has 0 N–H and O–H groups in total. The maximum Gasteiger partial charge on any atom is 0.177 e. The van der Waals surface area contributed by atoms with E-state index in [0.717, 1.165) is 0 Å². The number of hydrogen-bond acceptors (Lipinski definition) is 6. The Bertz CT molecular complexity index is 1990. The SMILES string of the molecule is N#Cc1cc(F)c(-c2c(C#N)nc(C#N)c(-c3c(F)cc(C#N)c(F)c3F)c2-c2c(F)cc(C#N)cc2F)c(F)c1. The first-order valence-corrected chi connectivity index (χ1v) is 10.8. The minimum atomic E-state index is -2.13. The molecule has 1 aromatic heterocycles. The second kappa shape index (κ2) is 10.5. The zero-order valence-electron chi connectivity index (χ0n) is 19.7. The molecule has 0 aliphatic carbocycles. The summed E-state index contributed by atoms with van der Waals surface area (Å²) in [6.45, 7) is 0. The summed E-state index contributed by atoms with van der Waals surface area (Å²) < 4.78 is 107. The molecule has 0 atom stereocenters. The lowest BCUT2D eigenvalue weighted by atomic mass is 9.84. The van der Waals surface area contributed by atoms with Crippen LogP contribution < -0.4 is 0 Å². The molecule has 41 heavy (non-hydrogen) atoms. The van der Waals surface area contributed by atoms with Gasteiger partial charge < -0.3 is 0 Å². The van der Waals surface area contributed by atoms with Gasteiger partial charge in [-0.15, -0.1) is 0 Å². The Hall–Kier alpha value is -6.23. The molecule has 1 heterocycles. The normalized spacial score (nSPS) is 10.2. The van der Waals surface area contributed by atoms with E-state index in [-0.39, 0.29) is 6.07 Å². The van der Waals surface area contributed by atoms with Crippen molar-refractivity contribution in [3.05, 3.63) is 99.1 Å². The standard InChI is InChI=1S/C28H5F7N6/c29-14-1-11(6-36)2-15(30)21(14)24-19(9-39)41-20(10-40)25(23-18(33)5-13(8-38)27(34)28(23)35)26(24)22-16(31)3-12(7-37)4-17(22)32/h1-5H. The van der Waals surface area contributed by atoms with Crippen molar-refractivity contribution >= 4 is 0 Å². The molecule has 0 unspecified atom stereocenters. The Balaban J connectivity index is 2.41. The third kappa shape index (κ3) is 4.42. The number of rotatable bonds is 3. The van der Waals surface area contributed by atoms with Gasteiger partial charge >= 0.3 is 0 Å². The Labute approximate surface area is 225 Å². The van der Waals surface area contributed by atoms with Crippen LogP contribution in [0.3, 0.4) is 0 Å². The lowest BCUT2D eigenvalue weighted by molar-refractivity contribution is 0.496. The minimum absolute atomic E-state index is 0.199. The monoisotopic (exact) mass is 558 g/mol. The zero-order chi connectivity index (χ0) is 30.2. The Kier molecular flexibility index (Phi) is 7.12. The van der Waals surface area contributed by atoms with Gasteiger partial charge in [0.05, 0.1) is 45.5 Å². The van der Waals surface area contributed by atoms with Crippen molar-refractivity contribution in [1.29, 1.82) is 26.3 Å². The van der Waals surface area contributed by atoms with Crippen LogP contribution in [-0.2, 0) is 0 Å². The predicted molar refractivity (Wildman–Crippen MR) is 124 cm³/mol. The second-order valence-electron chi connectivity index (χ2n) is 8.03. The summed E-state index contributed by atoms with van der Waals surface area (Å²) >= 11 is 0. The van der Waals surface area contributed by atoms with Crippen LogP contribution in [-0.4, -0.2) is 4.98 Å². The fourth-order valence-corrected chi connectivity index (χ4v) is 4.14. The van der Waals surface area contributed by atoms with Crippen LogP contribution in [0.4, 0.5) is 30.7 Å². The summed E-state index contributed by atoms with van der Waals surface area (Å²) in [4.78, 5) is 3.58. The molecular weight excluding hydrogens is 553 g/mol. The third-order valence-electron chi connectivity index (χ3n) is 5.78. The molecule has 4 aromatic rings. The summed E-state index contributed by atoms with van der Waals surface area (Å²) in [5.41, 5.74) is -12.1. The van der Waals surface area contributed by atoms with Crippen molar-refractivity contribution in [3.63, 3.8) is 0 Å². The van der Waals surface area contributed by atoms with Gasteiger partial charge in [0.2, 0.25) is 0 Å². The Morgan fingerprint density at radius 2 is 0.805 bits per heavy atom. The fourth-order valence-electron chi connectivity index (χ4n) is 4.14. The van der Waals surface area contributed by atoms with E-state index >= 15 is 26.3 Å². The largest absolute Gasteiger partial charge is 0.225 e. The first-order chi connectivity index (χ1) is 19.5. The van der Waals surface area contributed by atoms with E-state index in [9.17, 15) is 14.9 Å². The number of aromatic nitrogens is 1. The molecule has 0 aliphatic rings. The third-order valence-corrected chi connectivity index (χ3v) is 5.78. The number of benzene rings is 3. The van der Waals surface area contributed by atoms with Gasteiger partial charge in [0.15, 0.2) is 23.0 Å². The Morgan fingerprint density at radius 3 is 1.20 bits per heavy atom. The molecule has 0 fully saturated rings. The summed E-state index contributed by atoms with van der Waals surface area (Å²) in [6, 6.07) is 8.91. The first-order valence-electron chi connectivity index (χ1n) is 10.8. The van der Waals surface area contributed by atoms with Gasteiger partial charge in [-0.05, 0) is 30.3 Å². The minimum Gasteiger partial charge on any atom is -0.225 e. The summed E-state index contributed by atoms with van der Waals surface area (Å²) in [7, 11) is 0. The highest BCUT2D eigenvalue weighted by Gasteiger charge is 2.34. The molecule has 0 saturated heterocycles. The van der Waals surface area contributed by atoms with Crippen LogP contribution in [0, 0.1) is 97.4 Å². The van der Waals surface area contributed by atoms with Crippen molar-refractivity contribution in [3.8, 4) is 63.7 Å². The predicted octanol–water partition coefficient (Wildman–Crippen LogP) is 6.41. The lowest BCUT2D eigenvalue weighted by Crippen LogP contribution is -2.09. The fraction of sp³-hybridized carbons (Fsp3) is 0. The van der Waals surface area contributed by atoms with Gasteiger partial charge in [-0.25, -0.2) is 35.7 Å². The van der Waals surface area contributed by atoms with Crippen LogP contribution in [0.5, 0.6) is 0 Å². The van der Waals surface area contributed by atoms with E-state index in [1.54, 1.807) is 0 Å². The number of hydrogen-bond donors (Lipinski definition) is 0. The highest BCUT2D eigenvalue weighted by atomic mass is 19.2. The molecule has 0 bridgehead atoms. The smallest absolute Gasteiger partial charge is 0.177 e. The molecule has 13 heteroatoms. The summed E-state index contributed by atoms with van der Waals surface area (Å²) in [5, 5.41) is 46.6. The maximum absolute atomic E-state index is 15.5. The van der Waals surface area contributed by atoms with Crippen molar-refractivity contribution in [2.24, 2.45) is 0 Å². The highest BCUT2D eigenvalue weighted by Crippen LogP contribution is 2.47. The van der Waals surface area contributed by atoms with Gasteiger partial charge in [-0.1, -0.05) is 0 Å². The number of nitrogens with zero attached hydrogens (tertiary/aromatic N) is 6. The molecule has 0 spiro atoms. The van der Waals surface area contributed by atoms with E-state index in [0.29, 0.717) is 24.3 Å². The number of halogens is 7.